The first-order chi connectivity index (χ1) is 17.1. The summed E-state index contributed by atoms with van der Waals surface area (Å²) in [4.78, 5) is 79.4. The number of rotatable bonds is 14. The summed E-state index contributed by atoms with van der Waals surface area (Å²) in [5.74, 6) is -0.645. The SMILES string of the molecule is CCC(C)(C)C(=O)OCCO.CCC(C)(C)C(=O)OCCOP(=O)(O)O.O=P(O)(O)OP(=O)(O)OP(=O)(O)O. The molecule has 23 heteroatoms. The standard InChI is InChI=1S/C8H17O6P.C8H16O3.H5O10P3/c1-4-8(2,3)7(9)13-5-6-14-15(10,11)12;1-4-8(2,3)7(10)11-6-5-9;1-11(2,3)9-13(7,8)10-12(4,5)6/h4-6H2,1-3H3,(H2,10,11,12);9H,4-6H2,1-3H3;(H,7,8)(H2,1,2,3)(H2,4,5,6). The molecule has 0 fully saturated rings. The van der Waals surface area contributed by atoms with Crippen LogP contribution in [0.4, 0.5) is 0 Å². The van der Waals surface area contributed by atoms with Crippen molar-refractivity contribution in [2.24, 2.45) is 10.8 Å². The van der Waals surface area contributed by atoms with Crippen LogP contribution in [0.15, 0.2) is 0 Å². The van der Waals surface area contributed by atoms with Crippen LogP contribution in [0.1, 0.15) is 54.4 Å². The Morgan fingerprint density at radius 1 is 0.615 bits per heavy atom. The molecule has 19 nitrogen and oxygen atoms in total. The molecule has 0 saturated carbocycles. The molecule has 0 rings (SSSR count). The van der Waals surface area contributed by atoms with Gasteiger partial charge < -0.3 is 48.8 Å². The second kappa shape index (κ2) is 18.1. The predicted octanol–water partition coefficient (Wildman–Crippen LogP) is 1.34. The van der Waals surface area contributed by atoms with Gasteiger partial charge >= 0.3 is 43.2 Å². The number of esters is 2. The van der Waals surface area contributed by atoms with Gasteiger partial charge in [0.25, 0.3) is 0 Å². The zero-order chi connectivity index (χ0) is 31.9. The topological polar surface area (TPSA) is 310 Å². The summed E-state index contributed by atoms with van der Waals surface area (Å²) < 4.78 is 60.3. The van der Waals surface area contributed by atoms with Crippen LogP contribution < -0.4 is 0 Å². The van der Waals surface area contributed by atoms with E-state index in [9.17, 15) is 27.8 Å². The van der Waals surface area contributed by atoms with E-state index in [1.54, 1.807) is 13.8 Å². The first kappa shape index (κ1) is 42.9. The van der Waals surface area contributed by atoms with Crippen LogP contribution in [0.25, 0.3) is 0 Å². The molecule has 0 aliphatic rings. The Morgan fingerprint density at radius 3 is 1.21 bits per heavy atom. The van der Waals surface area contributed by atoms with E-state index in [0.717, 1.165) is 6.42 Å². The third-order valence-corrected chi connectivity index (χ3v) is 8.06. The van der Waals surface area contributed by atoms with Crippen molar-refractivity contribution in [3.63, 3.8) is 0 Å². The average Bonchev–Trinajstić information content (AvgIpc) is 2.71. The van der Waals surface area contributed by atoms with E-state index in [-0.39, 0.29) is 32.4 Å². The number of hydrogen-bond donors (Lipinski definition) is 8. The van der Waals surface area contributed by atoms with Crippen molar-refractivity contribution in [1.82, 2.24) is 0 Å². The normalized spacial score (nSPS) is 12.9. The number of carbonyl (C=O) groups is 2. The molecule has 0 bridgehead atoms. The number of phosphoric acid groups is 4. The van der Waals surface area contributed by atoms with Crippen molar-refractivity contribution >= 4 is 43.2 Å². The third-order valence-electron chi connectivity index (χ3n) is 4.19. The molecule has 39 heavy (non-hydrogen) atoms. The molecule has 0 spiro atoms. The van der Waals surface area contributed by atoms with E-state index < -0.39 is 48.1 Å². The number of hydrogen-bond acceptors (Lipinski definition) is 12. The van der Waals surface area contributed by atoms with E-state index in [1.165, 1.54) is 0 Å². The molecule has 0 saturated heterocycles. The summed E-state index contributed by atoms with van der Waals surface area (Å²) in [6, 6.07) is 0. The monoisotopic (exact) mass is 658 g/mol. The van der Waals surface area contributed by atoms with Gasteiger partial charge in [0.1, 0.15) is 13.2 Å². The van der Waals surface area contributed by atoms with Gasteiger partial charge in [-0.2, -0.15) is 8.62 Å². The number of phosphoric ester groups is 1. The Balaban J connectivity index is -0.000000505. The van der Waals surface area contributed by atoms with Gasteiger partial charge in [0.2, 0.25) is 0 Å². The fraction of sp³-hybridized carbons (Fsp3) is 0.875. The minimum Gasteiger partial charge on any atom is -0.463 e. The summed E-state index contributed by atoms with van der Waals surface area (Å²) in [6.45, 7) is 10.4. The predicted molar refractivity (Wildman–Crippen MR) is 131 cm³/mol. The van der Waals surface area contributed by atoms with Gasteiger partial charge in [0.15, 0.2) is 0 Å². The van der Waals surface area contributed by atoms with Crippen LogP contribution in [-0.4, -0.2) is 77.7 Å². The molecular weight excluding hydrogens is 620 g/mol. The van der Waals surface area contributed by atoms with E-state index in [0.29, 0.717) is 6.42 Å². The minimum atomic E-state index is -5.46. The van der Waals surface area contributed by atoms with Crippen LogP contribution in [0, 0.1) is 10.8 Å². The molecule has 0 aromatic rings. The molecule has 0 aliphatic carbocycles. The fourth-order valence-electron chi connectivity index (χ4n) is 1.39. The maximum atomic E-state index is 11.3. The number of ether oxygens (including phenoxy) is 2. The summed E-state index contributed by atoms with van der Waals surface area (Å²) in [6.07, 6.45) is 1.38. The molecule has 8 N–H and O–H groups in total. The lowest BCUT2D eigenvalue weighted by molar-refractivity contribution is -0.155. The second-order valence-electron chi connectivity index (χ2n) is 8.41. The quantitative estimate of drug-likeness (QED) is 0.0741. The molecule has 0 heterocycles. The Labute approximate surface area is 225 Å². The minimum absolute atomic E-state index is 0.0995. The van der Waals surface area contributed by atoms with Gasteiger partial charge in [-0.1, -0.05) is 13.8 Å². The zero-order valence-electron chi connectivity index (χ0n) is 22.1. The lowest BCUT2D eigenvalue weighted by atomic mass is 9.91. The van der Waals surface area contributed by atoms with E-state index in [4.69, 9.17) is 48.8 Å². The third kappa shape index (κ3) is 27.4. The highest BCUT2D eigenvalue weighted by Crippen LogP contribution is 2.64. The second-order valence-corrected chi connectivity index (χ2v) is 13.9. The van der Waals surface area contributed by atoms with Gasteiger partial charge in [-0.3, -0.25) is 14.1 Å². The average molecular weight is 658 g/mol. The molecule has 0 aromatic heterocycles. The first-order valence-corrected chi connectivity index (χ1v) is 16.7. The lowest BCUT2D eigenvalue weighted by Gasteiger charge is -2.20. The largest absolute Gasteiger partial charge is 0.490 e. The smallest absolute Gasteiger partial charge is 0.463 e. The maximum Gasteiger partial charge on any atom is 0.490 e. The van der Waals surface area contributed by atoms with E-state index in [2.05, 4.69) is 13.1 Å². The molecule has 236 valence electrons. The molecule has 0 aromatic carbocycles. The van der Waals surface area contributed by atoms with Gasteiger partial charge in [-0.05, 0) is 40.5 Å². The van der Waals surface area contributed by atoms with E-state index in [1.807, 2.05) is 27.7 Å². The van der Waals surface area contributed by atoms with Crippen molar-refractivity contribution < 1.29 is 89.8 Å². The van der Waals surface area contributed by atoms with Crippen LogP contribution in [0.3, 0.4) is 0 Å². The van der Waals surface area contributed by atoms with Crippen LogP contribution >= 0.6 is 31.3 Å². The maximum absolute atomic E-state index is 11.3. The van der Waals surface area contributed by atoms with Gasteiger partial charge in [-0.15, -0.1) is 0 Å². The molecule has 0 amide bonds. The van der Waals surface area contributed by atoms with Gasteiger partial charge in [-0.25, -0.2) is 18.3 Å². The highest BCUT2D eigenvalue weighted by Gasteiger charge is 2.38. The number of aliphatic hydroxyl groups is 1. The van der Waals surface area contributed by atoms with Crippen LogP contribution in [-0.2, 0) is 50.5 Å². The Bertz CT molecular complexity index is 902. The van der Waals surface area contributed by atoms with Crippen molar-refractivity contribution in [2.45, 2.75) is 54.4 Å². The van der Waals surface area contributed by atoms with Crippen molar-refractivity contribution in [3.05, 3.63) is 0 Å². The summed E-state index contributed by atoms with van der Waals surface area (Å²) in [5.41, 5.74) is -1.00. The summed E-state index contributed by atoms with van der Waals surface area (Å²) in [5, 5.41) is 8.38. The molecule has 0 unspecified atom stereocenters. The van der Waals surface area contributed by atoms with Crippen LogP contribution in [0.5, 0.6) is 0 Å². The van der Waals surface area contributed by atoms with E-state index >= 15 is 0 Å². The highest BCUT2D eigenvalue weighted by molar-refractivity contribution is 7.66. The van der Waals surface area contributed by atoms with Crippen LogP contribution in [0.2, 0.25) is 0 Å². The van der Waals surface area contributed by atoms with Gasteiger partial charge in [0, 0.05) is 0 Å². The van der Waals surface area contributed by atoms with Crippen molar-refractivity contribution in [3.8, 4) is 0 Å². The Morgan fingerprint density at radius 2 is 0.949 bits per heavy atom. The summed E-state index contributed by atoms with van der Waals surface area (Å²) >= 11 is 0. The molecule has 0 atom stereocenters. The lowest BCUT2D eigenvalue weighted by Crippen LogP contribution is -2.26. The summed E-state index contributed by atoms with van der Waals surface area (Å²) in [7, 11) is -20.6. The number of carbonyl (C=O) groups excluding carboxylic acids is 2. The molecular formula is C16H38O19P4. The molecule has 0 radical (unpaired) electrons. The van der Waals surface area contributed by atoms with Crippen molar-refractivity contribution in [1.29, 1.82) is 0 Å². The molecule has 0 aliphatic heterocycles. The Kier molecular flexibility index (Phi) is 19.9. The zero-order valence-corrected chi connectivity index (χ0v) is 25.7. The fourth-order valence-corrected chi connectivity index (χ4v) is 4.24. The van der Waals surface area contributed by atoms with Gasteiger partial charge in [0.05, 0.1) is 24.0 Å². The highest BCUT2D eigenvalue weighted by atomic mass is 31.3. The van der Waals surface area contributed by atoms with Crippen molar-refractivity contribution in [2.75, 3.05) is 26.4 Å². The Hall–Kier alpha value is -0.580. The first-order valence-electron chi connectivity index (χ1n) is 10.7. The number of aliphatic hydroxyl groups excluding tert-OH is 1.